The Morgan fingerprint density at radius 3 is 2.83 bits per heavy atom. The number of carbonyl (C=O) groups is 1. The second-order valence-corrected chi connectivity index (χ2v) is 4.76. The normalized spacial score (nSPS) is 21.3. The molecule has 0 saturated carbocycles. The van der Waals surface area contributed by atoms with Gasteiger partial charge in [0.05, 0.1) is 5.92 Å². The van der Waals surface area contributed by atoms with Crippen LogP contribution in [0.15, 0.2) is 30.3 Å². The third-order valence-electron chi connectivity index (χ3n) is 3.32. The molecule has 1 unspecified atom stereocenters. The molecule has 0 aromatic heterocycles. The van der Waals surface area contributed by atoms with Crippen molar-refractivity contribution < 1.29 is 9.53 Å². The van der Waals surface area contributed by atoms with Gasteiger partial charge in [0.1, 0.15) is 6.61 Å². The number of esters is 1. The van der Waals surface area contributed by atoms with Crippen molar-refractivity contribution >= 4 is 5.97 Å². The molecule has 0 amide bonds. The number of carbonyl (C=O) groups excluding carboxylic acids is 1. The van der Waals surface area contributed by atoms with E-state index < -0.39 is 0 Å². The van der Waals surface area contributed by atoms with Crippen LogP contribution in [0.1, 0.15) is 24.8 Å². The molecule has 1 saturated heterocycles. The van der Waals surface area contributed by atoms with Crippen LogP contribution >= 0.6 is 0 Å². The van der Waals surface area contributed by atoms with Gasteiger partial charge in [-0.2, -0.15) is 0 Å². The van der Waals surface area contributed by atoms with Crippen LogP contribution in [0, 0.1) is 5.92 Å². The highest BCUT2D eigenvalue weighted by Gasteiger charge is 2.23. The first kappa shape index (κ1) is 13.1. The Balaban J connectivity index is 1.80. The summed E-state index contributed by atoms with van der Waals surface area (Å²) in [5.41, 5.74) is 1.03. The Morgan fingerprint density at radius 1 is 1.28 bits per heavy atom. The van der Waals surface area contributed by atoms with Crippen LogP contribution in [0.25, 0.3) is 0 Å². The molecule has 1 aliphatic rings. The number of hydrazine groups is 1. The van der Waals surface area contributed by atoms with Gasteiger partial charge in [0, 0.05) is 13.1 Å². The van der Waals surface area contributed by atoms with Gasteiger partial charge in [0.25, 0.3) is 0 Å². The lowest BCUT2D eigenvalue weighted by atomic mass is 10.0. The monoisotopic (exact) mass is 248 g/mol. The Labute approximate surface area is 108 Å². The van der Waals surface area contributed by atoms with E-state index in [1.165, 1.54) is 0 Å². The molecular weight excluding hydrogens is 228 g/mol. The largest absolute Gasteiger partial charge is 0.461 e. The molecule has 1 aromatic carbocycles. The molecule has 1 aliphatic heterocycles. The molecule has 0 spiro atoms. The molecule has 4 nitrogen and oxygen atoms in total. The van der Waals surface area contributed by atoms with Gasteiger partial charge >= 0.3 is 5.97 Å². The average Bonchev–Trinajstić information content (AvgIpc) is 2.62. The molecule has 2 rings (SSSR count). The van der Waals surface area contributed by atoms with Crippen molar-refractivity contribution in [3.05, 3.63) is 35.9 Å². The van der Waals surface area contributed by atoms with Crippen LogP contribution in [0.4, 0.5) is 0 Å². The number of rotatable bonds is 3. The first-order valence-electron chi connectivity index (χ1n) is 6.46. The summed E-state index contributed by atoms with van der Waals surface area (Å²) in [6.07, 6.45) is 2.63. The number of hydrogen-bond donors (Lipinski definition) is 1. The summed E-state index contributed by atoms with van der Waals surface area (Å²) in [5.74, 6) is 5.66. The lowest BCUT2D eigenvalue weighted by molar-refractivity contribution is -0.150. The van der Waals surface area contributed by atoms with Gasteiger partial charge in [0.2, 0.25) is 0 Å². The summed E-state index contributed by atoms with van der Waals surface area (Å²) in [7, 11) is 0. The van der Waals surface area contributed by atoms with Crippen LogP contribution in [-0.2, 0) is 16.1 Å². The van der Waals surface area contributed by atoms with Crippen molar-refractivity contribution in [3.8, 4) is 0 Å². The SMILES string of the molecule is NN1CCCC(C(=O)OCc2ccccc2)CC1. The van der Waals surface area contributed by atoms with Crippen molar-refractivity contribution in [1.82, 2.24) is 5.01 Å². The molecule has 1 aromatic rings. The zero-order chi connectivity index (χ0) is 12.8. The van der Waals surface area contributed by atoms with Gasteiger partial charge in [-0.1, -0.05) is 30.3 Å². The van der Waals surface area contributed by atoms with Gasteiger partial charge in [0.15, 0.2) is 0 Å². The Hall–Kier alpha value is -1.39. The molecule has 4 heteroatoms. The van der Waals surface area contributed by atoms with Crippen molar-refractivity contribution in [3.63, 3.8) is 0 Å². The first-order valence-corrected chi connectivity index (χ1v) is 6.46. The summed E-state index contributed by atoms with van der Waals surface area (Å²) in [6.45, 7) is 2.00. The molecule has 1 heterocycles. The molecule has 2 N–H and O–H groups in total. The molecule has 0 bridgehead atoms. The number of nitrogens with zero attached hydrogens (tertiary/aromatic N) is 1. The van der Waals surface area contributed by atoms with E-state index in [1.807, 2.05) is 30.3 Å². The van der Waals surface area contributed by atoms with Crippen molar-refractivity contribution in [1.29, 1.82) is 0 Å². The first-order chi connectivity index (χ1) is 8.75. The van der Waals surface area contributed by atoms with Gasteiger partial charge < -0.3 is 4.74 Å². The zero-order valence-electron chi connectivity index (χ0n) is 10.5. The smallest absolute Gasteiger partial charge is 0.309 e. The van der Waals surface area contributed by atoms with E-state index in [2.05, 4.69) is 0 Å². The minimum Gasteiger partial charge on any atom is -0.461 e. The standard InChI is InChI=1S/C14H20N2O2/c15-16-9-4-7-13(8-10-16)14(17)18-11-12-5-2-1-3-6-12/h1-3,5-6,13H,4,7-11,15H2. The third-order valence-corrected chi connectivity index (χ3v) is 3.32. The highest BCUT2D eigenvalue weighted by atomic mass is 16.5. The van der Waals surface area contributed by atoms with E-state index >= 15 is 0 Å². The lowest BCUT2D eigenvalue weighted by Gasteiger charge is -2.14. The van der Waals surface area contributed by atoms with E-state index in [4.69, 9.17) is 10.6 Å². The molecular formula is C14H20N2O2. The number of ether oxygens (including phenoxy) is 1. The second-order valence-electron chi connectivity index (χ2n) is 4.76. The maximum atomic E-state index is 11.9. The van der Waals surface area contributed by atoms with E-state index in [0.717, 1.165) is 37.9 Å². The third kappa shape index (κ3) is 3.82. The van der Waals surface area contributed by atoms with E-state index in [0.29, 0.717) is 6.61 Å². The van der Waals surface area contributed by atoms with Crippen molar-refractivity contribution in [2.24, 2.45) is 11.8 Å². The van der Waals surface area contributed by atoms with Gasteiger partial charge in [-0.15, -0.1) is 0 Å². The minimum atomic E-state index is -0.0887. The fourth-order valence-electron chi connectivity index (χ4n) is 2.20. The van der Waals surface area contributed by atoms with Gasteiger partial charge in [-0.25, -0.2) is 5.01 Å². The summed E-state index contributed by atoms with van der Waals surface area (Å²) >= 11 is 0. The molecule has 0 aliphatic carbocycles. The molecule has 0 radical (unpaired) electrons. The summed E-state index contributed by atoms with van der Waals surface area (Å²) in [4.78, 5) is 11.9. The second kappa shape index (κ2) is 6.52. The molecule has 98 valence electrons. The van der Waals surface area contributed by atoms with Crippen LogP contribution in [-0.4, -0.2) is 24.1 Å². The van der Waals surface area contributed by atoms with Crippen LogP contribution in [0.2, 0.25) is 0 Å². The number of nitrogens with two attached hydrogens (primary N) is 1. The van der Waals surface area contributed by atoms with E-state index in [9.17, 15) is 4.79 Å². The molecule has 18 heavy (non-hydrogen) atoms. The summed E-state index contributed by atoms with van der Waals surface area (Å²) in [6, 6.07) is 9.76. The van der Waals surface area contributed by atoms with Crippen molar-refractivity contribution in [2.45, 2.75) is 25.9 Å². The highest BCUT2D eigenvalue weighted by Crippen LogP contribution is 2.18. The van der Waals surface area contributed by atoms with Crippen molar-refractivity contribution in [2.75, 3.05) is 13.1 Å². The Morgan fingerprint density at radius 2 is 2.06 bits per heavy atom. The maximum absolute atomic E-state index is 11.9. The average molecular weight is 248 g/mol. The van der Waals surface area contributed by atoms with Gasteiger partial charge in [-0.05, 0) is 24.8 Å². The Kier molecular flexibility index (Phi) is 4.73. The summed E-state index contributed by atoms with van der Waals surface area (Å²) < 4.78 is 5.36. The number of hydrogen-bond acceptors (Lipinski definition) is 4. The van der Waals surface area contributed by atoms with Crippen LogP contribution in [0.3, 0.4) is 0 Å². The predicted octanol–water partition coefficient (Wildman–Crippen LogP) is 1.71. The predicted molar refractivity (Wildman–Crippen MR) is 69.3 cm³/mol. The van der Waals surface area contributed by atoms with E-state index in [1.54, 1.807) is 5.01 Å². The maximum Gasteiger partial charge on any atom is 0.309 e. The minimum absolute atomic E-state index is 0.00209. The highest BCUT2D eigenvalue weighted by molar-refractivity contribution is 5.72. The number of benzene rings is 1. The molecule has 1 fully saturated rings. The lowest BCUT2D eigenvalue weighted by Crippen LogP contribution is -2.32. The zero-order valence-corrected chi connectivity index (χ0v) is 10.5. The molecule has 1 atom stereocenters. The summed E-state index contributed by atoms with van der Waals surface area (Å²) in [5, 5.41) is 1.78. The topological polar surface area (TPSA) is 55.6 Å². The van der Waals surface area contributed by atoms with Crippen LogP contribution < -0.4 is 5.84 Å². The fourth-order valence-corrected chi connectivity index (χ4v) is 2.20. The van der Waals surface area contributed by atoms with E-state index in [-0.39, 0.29) is 11.9 Å². The van der Waals surface area contributed by atoms with Gasteiger partial charge in [-0.3, -0.25) is 10.6 Å². The van der Waals surface area contributed by atoms with Crippen LogP contribution in [0.5, 0.6) is 0 Å². The quantitative estimate of drug-likeness (QED) is 0.653. The fraction of sp³-hybridized carbons (Fsp3) is 0.500. The Bertz CT molecular complexity index is 381.